The lowest BCUT2D eigenvalue weighted by Crippen LogP contribution is -2.37. The van der Waals surface area contributed by atoms with Gasteiger partial charge < -0.3 is 9.47 Å². The summed E-state index contributed by atoms with van der Waals surface area (Å²) in [4.78, 5) is 2.38. The maximum atomic E-state index is 4.25. The molecule has 0 atom stereocenters. The van der Waals surface area contributed by atoms with Crippen LogP contribution in [-0.4, -0.2) is 27.9 Å². The van der Waals surface area contributed by atoms with E-state index in [1.807, 2.05) is 33.9 Å². The quantitative estimate of drug-likeness (QED) is 0.830. The first-order valence-corrected chi connectivity index (χ1v) is 7.87. The molecule has 0 spiro atoms. The Labute approximate surface area is 122 Å². The van der Waals surface area contributed by atoms with Gasteiger partial charge >= 0.3 is 0 Å². The SMILES string of the molecule is CC.CC.CCn1cc(C)c2nncc(N3CCC3)c21. The highest BCUT2D eigenvalue weighted by molar-refractivity contribution is 5.91. The van der Waals surface area contributed by atoms with Gasteiger partial charge in [0.1, 0.15) is 5.52 Å². The molecule has 0 aromatic carbocycles. The molecule has 3 rings (SSSR count). The summed E-state index contributed by atoms with van der Waals surface area (Å²) >= 11 is 0. The second-order valence-corrected chi connectivity index (χ2v) is 4.37. The zero-order chi connectivity index (χ0) is 15.1. The van der Waals surface area contributed by atoms with Crippen molar-refractivity contribution in [3.05, 3.63) is 18.0 Å². The highest BCUT2D eigenvalue weighted by Gasteiger charge is 2.20. The largest absolute Gasteiger partial charge is 0.368 e. The molecule has 1 fully saturated rings. The molecule has 112 valence electrons. The van der Waals surface area contributed by atoms with Crippen LogP contribution < -0.4 is 4.90 Å². The van der Waals surface area contributed by atoms with Crippen molar-refractivity contribution in [1.29, 1.82) is 0 Å². The van der Waals surface area contributed by atoms with E-state index in [-0.39, 0.29) is 0 Å². The summed E-state index contributed by atoms with van der Waals surface area (Å²) < 4.78 is 2.27. The molecule has 2 aromatic rings. The molecule has 1 saturated heterocycles. The Balaban J connectivity index is 0.000000461. The Morgan fingerprint density at radius 3 is 2.30 bits per heavy atom. The molecule has 0 radical (unpaired) electrons. The summed E-state index contributed by atoms with van der Waals surface area (Å²) in [5.74, 6) is 0. The Kier molecular flexibility index (Phi) is 6.49. The second kappa shape index (κ2) is 7.88. The van der Waals surface area contributed by atoms with Crippen LogP contribution in [-0.2, 0) is 6.54 Å². The molecule has 0 unspecified atom stereocenters. The fraction of sp³-hybridized carbons (Fsp3) is 0.625. The van der Waals surface area contributed by atoms with E-state index >= 15 is 0 Å². The Bertz CT molecular complexity index is 527. The van der Waals surface area contributed by atoms with Crippen LogP contribution in [0.4, 0.5) is 5.69 Å². The minimum absolute atomic E-state index is 0.983. The smallest absolute Gasteiger partial charge is 0.116 e. The first-order chi connectivity index (χ1) is 9.81. The maximum Gasteiger partial charge on any atom is 0.116 e. The average Bonchev–Trinajstić information content (AvgIpc) is 2.79. The molecule has 1 aliphatic rings. The van der Waals surface area contributed by atoms with E-state index in [0.717, 1.165) is 25.2 Å². The lowest BCUT2D eigenvalue weighted by atomic mass is 10.2. The average molecular weight is 276 g/mol. The van der Waals surface area contributed by atoms with Crippen molar-refractivity contribution in [1.82, 2.24) is 14.8 Å². The molecule has 2 aromatic heterocycles. The first kappa shape index (κ1) is 16.5. The normalized spacial score (nSPS) is 13.0. The summed E-state index contributed by atoms with van der Waals surface area (Å²) in [5, 5.41) is 8.37. The zero-order valence-corrected chi connectivity index (χ0v) is 13.8. The van der Waals surface area contributed by atoms with Crippen LogP contribution in [0.2, 0.25) is 0 Å². The van der Waals surface area contributed by atoms with Crippen LogP contribution in [0.25, 0.3) is 11.0 Å². The predicted octanol–water partition coefficient (Wildman–Crippen LogP) is 4.02. The van der Waals surface area contributed by atoms with Gasteiger partial charge in [0.15, 0.2) is 0 Å². The Morgan fingerprint density at radius 1 is 1.15 bits per heavy atom. The van der Waals surface area contributed by atoms with Gasteiger partial charge in [0, 0.05) is 25.8 Å². The second-order valence-electron chi connectivity index (χ2n) is 4.37. The van der Waals surface area contributed by atoms with Gasteiger partial charge in [-0.3, -0.25) is 0 Å². The van der Waals surface area contributed by atoms with Gasteiger partial charge in [-0.1, -0.05) is 27.7 Å². The van der Waals surface area contributed by atoms with E-state index < -0.39 is 0 Å². The molecule has 1 aliphatic heterocycles. The Morgan fingerprint density at radius 2 is 1.80 bits per heavy atom. The van der Waals surface area contributed by atoms with Gasteiger partial charge in [-0.2, -0.15) is 5.10 Å². The van der Waals surface area contributed by atoms with Gasteiger partial charge in [0.25, 0.3) is 0 Å². The summed E-state index contributed by atoms with van der Waals surface area (Å²) in [6.45, 7) is 15.5. The van der Waals surface area contributed by atoms with E-state index in [0.29, 0.717) is 0 Å². The lowest BCUT2D eigenvalue weighted by Gasteiger charge is -2.33. The summed E-state index contributed by atoms with van der Waals surface area (Å²) in [5.41, 5.74) is 4.75. The third-order valence-corrected chi connectivity index (χ3v) is 3.35. The van der Waals surface area contributed by atoms with Crippen molar-refractivity contribution in [3.63, 3.8) is 0 Å². The molecule has 0 saturated carbocycles. The van der Waals surface area contributed by atoms with Crippen molar-refractivity contribution in [2.24, 2.45) is 0 Å². The fourth-order valence-corrected chi connectivity index (χ4v) is 2.32. The number of anilines is 1. The van der Waals surface area contributed by atoms with Crippen molar-refractivity contribution < 1.29 is 0 Å². The molecule has 3 heterocycles. The standard InChI is InChI=1S/C12H16N4.2C2H6/c1-3-15-8-9(2)11-12(15)10(7-13-14-11)16-5-4-6-16;2*1-2/h7-8H,3-6H2,1-2H3;2*1-2H3. The highest BCUT2D eigenvalue weighted by Crippen LogP contribution is 2.30. The van der Waals surface area contributed by atoms with Crippen LogP contribution in [0, 0.1) is 6.92 Å². The van der Waals surface area contributed by atoms with Crippen molar-refractivity contribution in [2.75, 3.05) is 18.0 Å². The number of hydrogen-bond donors (Lipinski definition) is 0. The lowest BCUT2D eigenvalue weighted by molar-refractivity contribution is 0.616. The molecular weight excluding hydrogens is 248 g/mol. The van der Waals surface area contributed by atoms with E-state index in [2.05, 4.69) is 39.7 Å². The van der Waals surface area contributed by atoms with Crippen LogP contribution in [0.5, 0.6) is 0 Å². The minimum atomic E-state index is 0.983. The molecular formula is C16H28N4. The van der Waals surface area contributed by atoms with Gasteiger partial charge in [-0.25, -0.2) is 0 Å². The van der Waals surface area contributed by atoms with Crippen molar-refractivity contribution in [3.8, 4) is 0 Å². The van der Waals surface area contributed by atoms with Crippen molar-refractivity contribution >= 4 is 16.7 Å². The minimum Gasteiger partial charge on any atom is -0.368 e. The molecule has 0 amide bonds. The zero-order valence-electron chi connectivity index (χ0n) is 13.8. The number of fused-ring (bicyclic) bond motifs is 1. The topological polar surface area (TPSA) is 34.0 Å². The molecule has 0 bridgehead atoms. The summed E-state index contributed by atoms with van der Waals surface area (Å²) in [6, 6.07) is 0. The van der Waals surface area contributed by atoms with Gasteiger partial charge in [-0.15, -0.1) is 5.10 Å². The number of aromatic nitrogens is 3. The summed E-state index contributed by atoms with van der Waals surface area (Å²) in [7, 11) is 0. The fourth-order valence-electron chi connectivity index (χ4n) is 2.32. The van der Waals surface area contributed by atoms with Crippen LogP contribution >= 0.6 is 0 Å². The van der Waals surface area contributed by atoms with E-state index in [1.54, 1.807) is 0 Å². The Hall–Kier alpha value is -1.58. The van der Waals surface area contributed by atoms with E-state index in [9.17, 15) is 0 Å². The predicted molar refractivity (Wildman–Crippen MR) is 87.5 cm³/mol. The highest BCUT2D eigenvalue weighted by atomic mass is 15.2. The van der Waals surface area contributed by atoms with Gasteiger partial charge in [-0.05, 0) is 25.8 Å². The van der Waals surface area contributed by atoms with Gasteiger partial charge in [0.2, 0.25) is 0 Å². The number of nitrogens with zero attached hydrogens (tertiary/aromatic N) is 4. The van der Waals surface area contributed by atoms with Gasteiger partial charge in [0.05, 0.1) is 17.4 Å². The monoisotopic (exact) mass is 276 g/mol. The van der Waals surface area contributed by atoms with Crippen LogP contribution in [0.15, 0.2) is 12.4 Å². The molecule has 0 N–H and O–H groups in total. The third-order valence-electron chi connectivity index (χ3n) is 3.35. The van der Waals surface area contributed by atoms with Crippen LogP contribution in [0.3, 0.4) is 0 Å². The number of hydrogen-bond acceptors (Lipinski definition) is 3. The molecule has 4 heteroatoms. The molecule has 20 heavy (non-hydrogen) atoms. The third kappa shape index (κ3) is 2.94. The molecule has 0 aliphatic carbocycles. The van der Waals surface area contributed by atoms with E-state index in [4.69, 9.17) is 0 Å². The van der Waals surface area contributed by atoms with E-state index in [1.165, 1.54) is 23.2 Å². The van der Waals surface area contributed by atoms with Crippen LogP contribution in [0.1, 0.15) is 46.6 Å². The van der Waals surface area contributed by atoms with Crippen molar-refractivity contribution in [2.45, 2.75) is 54.5 Å². The summed E-state index contributed by atoms with van der Waals surface area (Å²) in [6.07, 6.45) is 5.35. The number of rotatable bonds is 2. The number of aryl methyl sites for hydroxylation is 2. The first-order valence-electron chi connectivity index (χ1n) is 7.87. The maximum absolute atomic E-state index is 4.25. The molecule has 4 nitrogen and oxygen atoms in total.